The van der Waals surface area contributed by atoms with Crippen LogP contribution >= 0.6 is 15.9 Å². The highest BCUT2D eigenvalue weighted by molar-refractivity contribution is 9.10. The molecule has 2 unspecified atom stereocenters. The minimum absolute atomic E-state index is 0.0532. The monoisotopic (exact) mass is 669 g/mol. The molecule has 2 heterocycles. The number of fused-ring (bicyclic) bond motifs is 1. The average Bonchev–Trinajstić information content (AvgIpc) is 3.48. The summed E-state index contributed by atoms with van der Waals surface area (Å²) in [7, 11) is -3.22. The van der Waals surface area contributed by atoms with Gasteiger partial charge in [0.2, 0.25) is 0 Å². The predicted molar refractivity (Wildman–Crippen MR) is 169 cm³/mol. The van der Waals surface area contributed by atoms with Crippen LogP contribution in [0.4, 0.5) is 15.9 Å². The lowest BCUT2D eigenvalue weighted by atomic mass is 9.85. The van der Waals surface area contributed by atoms with E-state index in [1.165, 1.54) is 18.5 Å². The molecule has 226 valence electrons. The Morgan fingerprint density at radius 3 is 2.65 bits per heavy atom. The highest BCUT2D eigenvalue weighted by Gasteiger charge is 2.42. The number of rotatable bonds is 12. The fourth-order valence-electron chi connectivity index (χ4n) is 4.87. The van der Waals surface area contributed by atoms with Crippen molar-refractivity contribution < 1.29 is 27.0 Å². The Bertz CT molecular complexity index is 1740. The van der Waals surface area contributed by atoms with E-state index in [1.54, 1.807) is 26.2 Å². The van der Waals surface area contributed by atoms with Crippen molar-refractivity contribution in [3.05, 3.63) is 101 Å². The third kappa shape index (κ3) is 7.00. The first-order valence-electron chi connectivity index (χ1n) is 13.9. The second-order valence-electron chi connectivity index (χ2n) is 10.7. The highest BCUT2D eigenvalue weighted by Crippen LogP contribution is 2.41. The zero-order chi connectivity index (χ0) is 30.6. The molecule has 0 fully saturated rings. The average molecular weight is 671 g/mol. The third-order valence-electron chi connectivity index (χ3n) is 7.51. The fourth-order valence-corrected chi connectivity index (χ4v) is 6.17. The third-order valence-corrected chi connectivity index (χ3v) is 10.3. The lowest BCUT2D eigenvalue weighted by molar-refractivity contribution is -0.0964. The molecule has 0 saturated carbocycles. The molecular weight excluding hydrogens is 637 g/mol. The molecule has 0 bridgehead atoms. The van der Waals surface area contributed by atoms with Crippen molar-refractivity contribution in [2.24, 2.45) is 0 Å². The van der Waals surface area contributed by atoms with Crippen LogP contribution in [0.5, 0.6) is 5.75 Å². The normalized spacial score (nSPS) is 17.3. The molecule has 1 aliphatic rings. The van der Waals surface area contributed by atoms with Gasteiger partial charge in [-0.3, -0.25) is 0 Å². The van der Waals surface area contributed by atoms with Crippen LogP contribution in [0, 0.1) is 5.82 Å². The zero-order valence-electron chi connectivity index (χ0n) is 24.1. The molecule has 0 spiro atoms. The number of halogens is 2. The van der Waals surface area contributed by atoms with Crippen LogP contribution in [0.3, 0.4) is 0 Å². The summed E-state index contributed by atoms with van der Waals surface area (Å²) in [5.41, 5.74) is 2.29. The van der Waals surface area contributed by atoms with Gasteiger partial charge in [0, 0.05) is 17.5 Å². The van der Waals surface area contributed by atoms with Gasteiger partial charge in [-0.1, -0.05) is 18.2 Å². The van der Waals surface area contributed by atoms with Crippen LogP contribution < -0.4 is 10.1 Å². The lowest BCUT2D eigenvalue weighted by Crippen LogP contribution is -2.40. The van der Waals surface area contributed by atoms with Crippen molar-refractivity contribution in [2.45, 2.75) is 50.8 Å². The molecule has 5 rings (SSSR count). The van der Waals surface area contributed by atoms with Gasteiger partial charge >= 0.3 is 0 Å². The van der Waals surface area contributed by atoms with Crippen molar-refractivity contribution >= 4 is 48.2 Å². The molecular formula is C32H33BrFN3O5S. The maximum Gasteiger partial charge on any atom is 0.162 e. The zero-order valence-corrected chi connectivity index (χ0v) is 26.5. The van der Waals surface area contributed by atoms with E-state index in [1.807, 2.05) is 55.5 Å². The summed E-state index contributed by atoms with van der Waals surface area (Å²) in [4.78, 5) is 8.95. The Morgan fingerprint density at radius 1 is 1.09 bits per heavy atom. The quantitative estimate of drug-likeness (QED) is 0.169. The second kappa shape index (κ2) is 13.0. The van der Waals surface area contributed by atoms with Crippen molar-refractivity contribution in [1.29, 1.82) is 0 Å². The summed E-state index contributed by atoms with van der Waals surface area (Å²) in [5.74, 6) is 0.862. The first kappa shape index (κ1) is 30.9. The van der Waals surface area contributed by atoms with Crippen LogP contribution in [0.2, 0.25) is 0 Å². The van der Waals surface area contributed by atoms with Gasteiger partial charge in [0.15, 0.2) is 15.4 Å². The van der Waals surface area contributed by atoms with Crippen LogP contribution in [0.1, 0.15) is 38.3 Å². The van der Waals surface area contributed by atoms with Crippen molar-refractivity contribution in [3.8, 4) is 5.75 Å². The molecule has 0 radical (unpaired) electrons. The van der Waals surface area contributed by atoms with E-state index in [9.17, 15) is 12.8 Å². The van der Waals surface area contributed by atoms with Crippen molar-refractivity contribution in [3.63, 3.8) is 0 Å². The first-order valence-corrected chi connectivity index (χ1v) is 16.4. The van der Waals surface area contributed by atoms with E-state index < -0.39 is 26.8 Å². The molecule has 8 nitrogen and oxygen atoms in total. The van der Waals surface area contributed by atoms with E-state index in [0.29, 0.717) is 18.0 Å². The molecule has 0 amide bonds. The van der Waals surface area contributed by atoms with Crippen LogP contribution in [-0.2, 0) is 31.5 Å². The number of ether oxygens (including phenoxy) is 3. The summed E-state index contributed by atoms with van der Waals surface area (Å²) in [5, 5.41) is 3.70. The van der Waals surface area contributed by atoms with E-state index >= 15 is 0 Å². The van der Waals surface area contributed by atoms with Crippen LogP contribution in [0.25, 0.3) is 10.9 Å². The van der Waals surface area contributed by atoms with Gasteiger partial charge in [-0.2, -0.15) is 0 Å². The maximum absolute atomic E-state index is 13.5. The molecule has 1 N–H and O–H groups in total. The maximum atomic E-state index is 13.5. The summed E-state index contributed by atoms with van der Waals surface area (Å²) in [6.45, 7) is 5.55. The summed E-state index contributed by atoms with van der Waals surface area (Å²) < 4.78 is 56.9. The largest absolute Gasteiger partial charge is 0.488 e. The highest BCUT2D eigenvalue weighted by atomic mass is 79.9. The van der Waals surface area contributed by atoms with Gasteiger partial charge in [0.1, 0.15) is 30.3 Å². The van der Waals surface area contributed by atoms with Crippen molar-refractivity contribution in [2.75, 3.05) is 17.7 Å². The molecule has 3 aromatic carbocycles. The molecule has 0 saturated heterocycles. The van der Waals surface area contributed by atoms with Gasteiger partial charge < -0.3 is 19.5 Å². The number of anilines is 2. The van der Waals surface area contributed by atoms with E-state index in [2.05, 4.69) is 31.2 Å². The second-order valence-corrected chi connectivity index (χ2v) is 14.2. The predicted octanol–water partition coefficient (Wildman–Crippen LogP) is 7.21. The van der Waals surface area contributed by atoms with Gasteiger partial charge in [-0.15, -0.1) is 0 Å². The summed E-state index contributed by atoms with van der Waals surface area (Å²) in [6.07, 6.45) is 5.23. The van der Waals surface area contributed by atoms with E-state index in [4.69, 9.17) is 14.2 Å². The Labute approximate surface area is 259 Å². The van der Waals surface area contributed by atoms with Gasteiger partial charge in [-0.05, 0) is 96.4 Å². The van der Waals surface area contributed by atoms with E-state index in [-0.39, 0.29) is 24.8 Å². The number of nitrogens with one attached hydrogen (secondary N) is 1. The number of sulfone groups is 1. The van der Waals surface area contributed by atoms with Gasteiger partial charge in [-0.25, -0.2) is 22.8 Å². The van der Waals surface area contributed by atoms with Crippen LogP contribution in [-0.4, -0.2) is 42.1 Å². The SMILES string of the molecule is CC(OCCS(=O)(=O)C(C)C)C1(c2ccc3ncnc(Nc4ccc(OCc5cccc(F)c5)c(Br)c4)c3c2)CC=CO1. The molecule has 1 aliphatic heterocycles. The number of benzene rings is 3. The molecule has 4 aromatic rings. The van der Waals surface area contributed by atoms with Gasteiger partial charge in [0.05, 0.1) is 40.0 Å². The molecule has 11 heteroatoms. The summed E-state index contributed by atoms with van der Waals surface area (Å²) >= 11 is 3.57. The minimum Gasteiger partial charge on any atom is -0.488 e. The Balaban J connectivity index is 1.35. The van der Waals surface area contributed by atoms with E-state index in [0.717, 1.165) is 32.2 Å². The summed E-state index contributed by atoms with van der Waals surface area (Å²) in [6, 6.07) is 17.7. The smallest absolute Gasteiger partial charge is 0.162 e. The first-order chi connectivity index (χ1) is 20.6. The van der Waals surface area contributed by atoms with Crippen LogP contribution in [0.15, 0.2) is 83.8 Å². The topological polar surface area (TPSA) is 99.6 Å². The molecule has 1 aromatic heterocycles. The van der Waals surface area contributed by atoms with Gasteiger partial charge in [0.25, 0.3) is 0 Å². The number of aromatic nitrogens is 2. The Hall–Kier alpha value is -3.54. The molecule has 2 atom stereocenters. The Morgan fingerprint density at radius 2 is 1.93 bits per heavy atom. The molecule has 0 aliphatic carbocycles. The minimum atomic E-state index is -3.22. The van der Waals surface area contributed by atoms with Crippen molar-refractivity contribution in [1.82, 2.24) is 9.97 Å². The molecule has 43 heavy (non-hydrogen) atoms. The number of nitrogens with zero attached hydrogens (tertiary/aromatic N) is 2. The number of hydrogen-bond donors (Lipinski definition) is 1. The number of hydrogen-bond acceptors (Lipinski definition) is 8. The standard InChI is InChI=1S/C32H33BrFN3O5S/c1-21(2)43(38,39)15-14-40-22(3)32(12-5-13-42-32)24-8-10-29-27(17-24)31(36-20-35-29)37-26-9-11-30(28(33)18-26)41-19-23-6-4-7-25(34)16-23/h4-11,13,16-18,20-22H,12,14-15,19H2,1-3H3,(H,35,36,37). The lowest BCUT2D eigenvalue weighted by Gasteiger charge is -2.35. The Kier molecular flexibility index (Phi) is 9.33. The fraction of sp³-hybridized carbons (Fsp3) is 0.312.